The summed E-state index contributed by atoms with van der Waals surface area (Å²) in [5, 5.41) is 4.36. The van der Waals surface area contributed by atoms with E-state index in [0.29, 0.717) is 22.5 Å². The normalized spacial score (nSPS) is 13.4. The van der Waals surface area contributed by atoms with Crippen molar-refractivity contribution in [2.45, 2.75) is 37.3 Å². The molecule has 1 aliphatic rings. The fourth-order valence-electron chi connectivity index (χ4n) is 3.29. The molecule has 0 bridgehead atoms. The lowest BCUT2D eigenvalue weighted by atomic mass is 9.92. The van der Waals surface area contributed by atoms with E-state index in [1.165, 1.54) is 23.7 Å². The molecule has 1 aromatic heterocycles. The summed E-state index contributed by atoms with van der Waals surface area (Å²) >= 11 is 7.45. The standard InChI is InChI=1S/C21H27ClN4OS/c1-26(2)13-5-12-23-19(27)14-28-21-24-18-7-4-3-6-17(18)20(25-21)15-8-10-16(22)11-9-15/h8-11H,3-7,12-14H2,1-2H3,(H,23,27). The molecule has 150 valence electrons. The number of nitrogens with zero attached hydrogens (tertiary/aromatic N) is 3. The van der Waals surface area contributed by atoms with Crippen LogP contribution in [0.1, 0.15) is 30.5 Å². The van der Waals surface area contributed by atoms with Gasteiger partial charge in [0.25, 0.3) is 0 Å². The first-order valence-corrected chi connectivity index (χ1v) is 11.1. The summed E-state index contributed by atoms with van der Waals surface area (Å²) in [5.74, 6) is 0.360. The van der Waals surface area contributed by atoms with Crippen LogP contribution in [0.15, 0.2) is 29.4 Å². The van der Waals surface area contributed by atoms with E-state index < -0.39 is 0 Å². The van der Waals surface area contributed by atoms with E-state index in [9.17, 15) is 4.79 Å². The zero-order chi connectivity index (χ0) is 19.9. The van der Waals surface area contributed by atoms with Crippen molar-refractivity contribution in [2.75, 3.05) is 32.9 Å². The third-order valence-electron chi connectivity index (χ3n) is 4.72. The van der Waals surface area contributed by atoms with Crippen LogP contribution in [0.4, 0.5) is 0 Å². The fourth-order valence-corrected chi connectivity index (χ4v) is 4.11. The van der Waals surface area contributed by atoms with Gasteiger partial charge in [0.2, 0.25) is 5.91 Å². The molecule has 1 aliphatic carbocycles. The summed E-state index contributed by atoms with van der Waals surface area (Å²) in [4.78, 5) is 23.8. The molecule has 2 aromatic rings. The van der Waals surface area contributed by atoms with Gasteiger partial charge in [-0.15, -0.1) is 0 Å². The van der Waals surface area contributed by atoms with Crippen molar-refractivity contribution in [1.82, 2.24) is 20.2 Å². The van der Waals surface area contributed by atoms with Gasteiger partial charge in [-0.05, 0) is 64.9 Å². The largest absolute Gasteiger partial charge is 0.355 e. The van der Waals surface area contributed by atoms with Crippen LogP contribution >= 0.6 is 23.4 Å². The lowest BCUT2D eigenvalue weighted by Gasteiger charge is -2.19. The van der Waals surface area contributed by atoms with Crippen molar-refractivity contribution in [3.05, 3.63) is 40.5 Å². The second kappa shape index (κ2) is 10.2. The third-order valence-corrected chi connectivity index (χ3v) is 5.82. The van der Waals surface area contributed by atoms with Crippen LogP contribution in [0.2, 0.25) is 5.02 Å². The Morgan fingerprint density at radius 2 is 1.93 bits per heavy atom. The number of carbonyl (C=O) groups is 1. The number of rotatable bonds is 8. The third kappa shape index (κ3) is 5.93. The van der Waals surface area contributed by atoms with Gasteiger partial charge < -0.3 is 10.2 Å². The molecule has 3 rings (SSSR count). The van der Waals surface area contributed by atoms with E-state index in [0.717, 1.165) is 49.2 Å². The van der Waals surface area contributed by atoms with Gasteiger partial charge in [-0.3, -0.25) is 4.79 Å². The van der Waals surface area contributed by atoms with E-state index in [2.05, 4.69) is 10.2 Å². The Morgan fingerprint density at radius 3 is 2.68 bits per heavy atom. The molecule has 0 fully saturated rings. The highest BCUT2D eigenvalue weighted by Gasteiger charge is 2.19. The minimum atomic E-state index is 0.0260. The number of aromatic nitrogens is 2. The van der Waals surface area contributed by atoms with Crippen LogP contribution in [0, 0.1) is 0 Å². The smallest absolute Gasteiger partial charge is 0.230 e. The molecule has 0 saturated carbocycles. The van der Waals surface area contributed by atoms with Crippen LogP contribution in [-0.4, -0.2) is 53.7 Å². The molecule has 0 spiro atoms. The molecule has 0 aliphatic heterocycles. The molecule has 0 atom stereocenters. The lowest BCUT2D eigenvalue weighted by Crippen LogP contribution is -2.28. The molecular weight excluding hydrogens is 392 g/mol. The Bertz CT molecular complexity index is 811. The summed E-state index contributed by atoms with van der Waals surface area (Å²) < 4.78 is 0. The molecule has 7 heteroatoms. The van der Waals surface area contributed by atoms with Crippen LogP contribution < -0.4 is 5.32 Å². The number of amides is 1. The number of fused-ring (bicyclic) bond motifs is 1. The van der Waals surface area contributed by atoms with Gasteiger partial charge in [0.15, 0.2) is 5.16 Å². The molecule has 1 N–H and O–H groups in total. The Labute approximate surface area is 176 Å². The average molecular weight is 419 g/mol. The topological polar surface area (TPSA) is 58.1 Å². The SMILES string of the molecule is CN(C)CCCNC(=O)CSc1nc2c(c(-c3ccc(Cl)cc3)n1)CCCC2. The quantitative estimate of drug-likeness (QED) is 0.401. The predicted octanol–water partition coefficient (Wildman–Crippen LogP) is 3.84. The number of aryl methyl sites for hydroxylation is 1. The van der Waals surface area contributed by atoms with Crippen LogP contribution in [-0.2, 0) is 17.6 Å². The zero-order valence-electron chi connectivity index (χ0n) is 16.5. The van der Waals surface area contributed by atoms with Crippen molar-refractivity contribution >= 4 is 29.3 Å². The van der Waals surface area contributed by atoms with E-state index in [-0.39, 0.29) is 5.91 Å². The van der Waals surface area contributed by atoms with Gasteiger partial charge in [0.1, 0.15) is 0 Å². The summed E-state index contributed by atoms with van der Waals surface area (Å²) in [6, 6.07) is 7.79. The molecular formula is C21H27ClN4OS. The Morgan fingerprint density at radius 1 is 1.18 bits per heavy atom. The van der Waals surface area contributed by atoms with E-state index in [4.69, 9.17) is 21.6 Å². The molecule has 0 unspecified atom stereocenters. The van der Waals surface area contributed by atoms with E-state index >= 15 is 0 Å². The molecule has 1 aromatic carbocycles. The highest BCUT2D eigenvalue weighted by Crippen LogP contribution is 2.31. The van der Waals surface area contributed by atoms with Gasteiger partial charge >= 0.3 is 0 Å². The summed E-state index contributed by atoms with van der Waals surface area (Å²) in [6.07, 6.45) is 5.24. The van der Waals surface area contributed by atoms with E-state index in [1.54, 1.807) is 0 Å². The van der Waals surface area contributed by atoms with Crippen molar-refractivity contribution < 1.29 is 4.79 Å². The number of nitrogens with one attached hydrogen (secondary N) is 1. The van der Waals surface area contributed by atoms with Crippen molar-refractivity contribution in [3.8, 4) is 11.3 Å². The van der Waals surface area contributed by atoms with Gasteiger partial charge in [0, 0.05) is 28.4 Å². The van der Waals surface area contributed by atoms with E-state index in [1.807, 2.05) is 38.4 Å². The second-order valence-corrected chi connectivity index (χ2v) is 8.67. The van der Waals surface area contributed by atoms with Crippen molar-refractivity contribution in [3.63, 3.8) is 0 Å². The number of hydrogen-bond donors (Lipinski definition) is 1. The fraction of sp³-hybridized carbons (Fsp3) is 0.476. The minimum absolute atomic E-state index is 0.0260. The molecule has 1 amide bonds. The maximum Gasteiger partial charge on any atom is 0.230 e. The van der Waals surface area contributed by atoms with Gasteiger partial charge in [-0.2, -0.15) is 0 Å². The summed E-state index contributed by atoms with van der Waals surface area (Å²) in [6.45, 7) is 1.66. The molecule has 28 heavy (non-hydrogen) atoms. The Hall–Kier alpha value is -1.63. The molecule has 0 radical (unpaired) electrons. The lowest BCUT2D eigenvalue weighted by molar-refractivity contribution is -0.118. The van der Waals surface area contributed by atoms with Gasteiger partial charge in [-0.25, -0.2) is 9.97 Å². The highest BCUT2D eigenvalue weighted by molar-refractivity contribution is 7.99. The predicted molar refractivity (Wildman–Crippen MR) is 116 cm³/mol. The highest BCUT2D eigenvalue weighted by atomic mass is 35.5. The Balaban J connectivity index is 1.69. The molecule has 0 saturated heterocycles. The van der Waals surface area contributed by atoms with Gasteiger partial charge in [0.05, 0.1) is 11.4 Å². The number of thioether (sulfide) groups is 1. The minimum Gasteiger partial charge on any atom is -0.355 e. The first-order chi connectivity index (χ1) is 13.5. The summed E-state index contributed by atoms with van der Waals surface area (Å²) in [5.41, 5.74) is 4.40. The average Bonchev–Trinajstić information content (AvgIpc) is 2.69. The Kier molecular flexibility index (Phi) is 7.71. The first kappa shape index (κ1) is 21.1. The first-order valence-electron chi connectivity index (χ1n) is 9.73. The monoisotopic (exact) mass is 418 g/mol. The number of hydrogen-bond acceptors (Lipinski definition) is 5. The van der Waals surface area contributed by atoms with Crippen LogP contribution in [0.3, 0.4) is 0 Å². The van der Waals surface area contributed by atoms with Crippen molar-refractivity contribution in [2.24, 2.45) is 0 Å². The summed E-state index contributed by atoms with van der Waals surface area (Å²) in [7, 11) is 4.06. The van der Waals surface area contributed by atoms with Crippen LogP contribution in [0.5, 0.6) is 0 Å². The van der Waals surface area contributed by atoms with Gasteiger partial charge in [-0.1, -0.05) is 35.5 Å². The maximum atomic E-state index is 12.1. The number of carbonyl (C=O) groups excluding carboxylic acids is 1. The molecule has 1 heterocycles. The molecule has 5 nitrogen and oxygen atoms in total. The number of halogens is 1. The number of benzene rings is 1. The van der Waals surface area contributed by atoms with Crippen LogP contribution in [0.25, 0.3) is 11.3 Å². The van der Waals surface area contributed by atoms with Crippen molar-refractivity contribution in [1.29, 1.82) is 0 Å². The maximum absolute atomic E-state index is 12.1. The second-order valence-electron chi connectivity index (χ2n) is 7.29. The zero-order valence-corrected chi connectivity index (χ0v) is 18.1.